The standard InChI is InChI=1S/C51H32N4/c1-3-16-33(17-4-1)49-52-50(34-18-5-2-6-19-34)54-51(53-49)36-21-15-20-35(30-36)43-31-44-39-24-9-7-22-37(39)38-23-8-10-25-40(38)45(44)32-48(43)55-46-28-13-11-26-41(46)42-27-12-14-29-47(42)55/h1-32H/i1D,3D,4D,16D,17D. The minimum absolute atomic E-state index is 0.00345. The van der Waals surface area contributed by atoms with Gasteiger partial charge in [-0.15, -0.1) is 0 Å². The fraction of sp³-hybridized carbons (Fsp3) is 0. The molecule has 2 aromatic heterocycles. The lowest BCUT2D eigenvalue weighted by molar-refractivity contribution is 1.07. The van der Waals surface area contributed by atoms with Gasteiger partial charge in [-0.2, -0.15) is 0 Å². The van der Waals surface area contributed by atoms with Crippen LogP contribution in [0.1, 0.15) is 6.85 Å². The van der Waals surface area contributed by atoms with Gasteiger partial charge in [-0.1, -0.05) is 164 Å². The van der Waals surface area contributed by atoms with Gasteiger partial charge in [-0.05, 0) is 68.2 Å². The number of nitrogens with zero attached hydrogens (tertiary/aromatic N) is 4. The van der Waals surface area contributed by atoms with Crippen LogP contribution in [-0.2, 0) is 0 Å². The summed E-state index contributed by atoms with van der Waals surface area (Å²) in [6, 6.07) is 54.2. The molecule has 2 heterocycles. The molecule has 256 valence electrons. The topological polar surface area (TPSA) is 43.6 Å². The number of hydrogen-bond acceptors (Lipinski definition) is 3. The monoisotopic (exact) mass is 705 g/mol. The summed E-state index contributed by atoms with van der Waals surface area (Å²) in [5, 5.41) is 9.31. The molecule has 0 aliphatic carbocycles. The van der Waals surface area contributed by atoms with E-state index in [4.69, 9.17) is 21.8 Å². The van der Waals surface area contributed by atoms with Crippen LogP contribution in [-0.4, -0.2) is 19.5 Å². The zero-order chi connectivity index (χ0) is 40.6. The van der Waals surface area contributed by atoms with Crippen molar-refractivity contribution in [3.63, 3.8) is 0 Å². The maximum atomic E-state index is 8.77. The molecule has 11 rings (SSSR count). The average molecular weight is 706 g/mol. The van der Waals surface area contributed by atoms with Gasteiger partial charge in [0.15, 0.2) is 17.5 Å². The number of benzene rings is 9. The minimum atomic E-state index is -0.478. The Morgan fingerprint density at radius 1 is 0.345 bits per heavy atom. The Morgan fingerprint density at radius 3 is 1.42 bits per heavy atom. The second-order valence-electron chi connectivity index (χ2n) is 13.6. The van der Waals surface area contributed by atoms with Gasteiger partial charge >= 0.3 is 0 Å². The van der Waals surface area contributed by atoms with E-state index in [-0.39, 0.29) is 23.5 Å². The molecule has 0 atom stereocenters. The average Bonchev–Trinajstić information content (AvgIpc) is 3.64. The fourth-order valence-electron chi connectivity index (χ4n) is 8.06. The van der Waals surface area contributed by atoms with E-state index in [0.29, 0.717) is 22.8 Å². The molecule has 0 radical (unpaired) electrons. The van der Waals surface area contributed by atoms with E-state index < -0.39 is 18.1 Å². The highest BCUT2D eigenvalue weighted by Gasteiger charge is 2.20. The van der Waals surface area contributed by atoms with Crippen LogP contribution in [0, 0.1) is 0 Å². The molecule has 0 aliphatic rings. The van der Waals surface area contributed by atoms with E-state index in [1.165, 1.54) is 16.2 Å². The summed E-state index contributed by atoms with van der Waals surface area (Å²) in [5.74, 6) is 0.627. The maximum absolute atomic E-state index is 8.77. The molecule has 4 heteroatoms. The summed E-state index contributed by atoms with van der Waals surface area (Å²) in [6.07, 6.45) is 0. The minimum Gasteiger partial charge on any atom is -0.309 e. The number of para-hydroxylation sites is 2. The first-order valence-electron chi connectivity index (χ1n) is 20.7. The molecule has 0 amide bonds. The Morgan fingerprint density at radius 2 is 0.800 bits per heavy atom. The molecular formula is C51H32N4. The lowest BCUT2D eigenvalue weighted by Gasteiger charge is -2.19. The molecule has 11 aromatic rings. The van der Waals surface area contributed by atoms with Gasteiger partial charge in [0.1, 0.15) is 0 Å². The first-order chi connectivity index (χ1) is 29.4. The molecule has 55 heavy (non-hydrogen) atoms. The Kier molecular flexibility index (Phi) is 6.04. The summed E-state index contributed by atoms with van der Waals surface area (Å²) >= 11 is 0. The Bertz CT molecular complexity index is 3480. The van der Waals surface area contributed by atoms with Crippen molar-refractivity contribution in [1.29, 1.82) is 0 Å². The van der Waals surface area contributed by atoms with Crippen molar-refractivity contribution in [1.82, 2.24) is 19.5 Å². The Labute approximate surface area is 324 Å². The normalized spacial score (nSPS) is 12.9. The van der Waals surface area contributed by atoms with Gasteiger partial charge in [0.2, 0.25) is 0 Å². The number of rotatable bonds is 5. The van der Waals surface area contributed by atoms with Crippen LogP contribution in [0.2, 0.25) is 0 Å². The van der Waals surface area contributed by atoms with Gasteiger partial charge < -0.3 is 4.57 Å². The van der Waals surface area contributed by atoms with E-state index in [9.17, 15) is 0 Å². The van der Waals surface area contributed by atoms with E-state index >= 15 is 0 Å². The van der Waals surface area contributed by atoms with Crippen LogP contribution in [0.5, 0.6) is 0 Å². The molecule has 9 aromatic carbocycles. The molecule has 0 saturated carbocycles. The quantitative estimate of drug-likeness (QED) is 0.167. The molecule has 0 aliphatic heterocycles. The number of hydrogen-bond donors (Lipinski definition) is 0. The van der Waals surface area contributed by atoms with Gasteiger partial charge in [0.05, 0.1) is 23.6 Å². The Hall–Kier alpha value is -7.43. The fourth-order valence-corrected chi connectivity index (χ4v) is 8.06. The van der Waals surface area contributed by atoms with Crippen LogP contribution in [0.3, 0.4) is 0 Å². The molecule has 0 unspecified atom stereocenters. The van der Waals surface area contributed by atoms with Crippen molar-refractivity contribution >= 4 is 54.1 Å². The van der Waals surface area contributed by atoms with Gasteiger partial charge in [0.25, 0.3) is 0 Å². The highest BCUT2D eigenvalue weighted by atomic mass is 15.0. The van der Waals surface area contributed by atoms with E-state index in [1.54, 1.807) is 0 Å². The third-order valence-electron chi connectivity index (χ3n) is 10.5. The van der Waals surface area contributed by atoms with Gasteiger partial charge in [-0.3, -0.25) is 0 Å². The summed E-state index contributed by atoms with van der Waals surface area (Å²) in [4.78, 5) is 14.5. The maximum Gasteiger partial charge on any atom is 0.164 e. The predicted octanol–water partition coefficient (Wildman–Crippen LogP) is 13.1. The number of aromatic nitrogens is 4. The first kappa shape index (κ1) is 26.4. The second-order valence-corrected chi connectivity index (χ2v) is 13.6. The zero-order valence-electron chi connectivity index (χ0n) is 34.4. The van der Waals surface area contributed by atoms with Crippen molar-refractivity contribution in [3.05, 3.63) is 194 Å². The van der Waals surface area contributed by atoms with Crippen LogP contribution in [0.25, 0.3) is 105 Å². The molecule has 0 bridgehead atoms. The van der Waals surface area contributed by atoms with Crippen LogP contribution in [0.4, 0.5) is 0 Å². The summed E-state index contributed by atoms with van der Waals surface area (Å²) in [5.41, 5.74) is 6.42. The third-order valence-corrected chi connectivity index (χ3v) is 10.5. The third kappa shape index (κ3) is 5.11. The lowest BCUT2D eigenvalue weighted by atomic mass is 9.90. The van der Waals surface area contributed by atoms with Gasteiger partial charge in [0, 0.05) is 33.0 Å². The molecule has 0 spiro atoms. The largest absolute Gasteiger partial charge is 0.309 e. The summed E-state index contributed by atoms with van der Waals surface area (Å²) < 4.78 is 44.9. The van der Waals surface area contributed by atoms with Gasteiger partial charge in [-0.25, -0.2) is 15.0 Å². The summed E-state index contributed by atoms with van der Waals surface area (Å²) in [6.45, 7) is 0. The predicted molar refractivity (Wildman–Crippen MR) is 228 cm³/mol. The lowest BCUT2D eigenvalue weighted by Crippen LogP contribution is -2.01. The van der Waals surface area contributed by atoms with Crippen LogP contribution < -0.4 is 0 Å². The smallest absolute Gasteiger partial charge is 0.164 e. The SMILES string of the molecule is [2H]c1c([2H])c([2H])c(-c2nc(-c3ccccc3)nc(-c3cccc(-c4cc5c6ccccc6c6ccccc6c5cc4-n4c5ccccc5c5ccccc54)c3)n2)c([2H])c1[2H]. The van der Waals surface area contributed by atoms with Crippen molar-refractivity contribution in [2.45, 2.75) is 0 Å². The Balaban J connectivity index is 1.21. The molecule has 4 nitrogen and oxygen atoms in total. The van der Waals surface area contributed by atoms with Crippen molar-refractivity contribution in [3.8, 4) is 51.0 Å². The summed E-state index contributed by atoms with van der Waals surface area (Å²) in [7, 11) is 0. The highest BCUT2D eigenvalue weighted by Crippen LogP contribution is 2.43. The molecular weight excluding hydrogens is 669 g/mol. The van der Waals surface area contributed by atoms with Crippen LogP contribution >= 0.6 is 0 Å². The first-order valence-corrected chi connectivity index (χ1v) is 18.2. The molecule has 0 saturated heterocycles. The highest BCUT2D eigenvalue weighted by molar-refractivity contribution is 6.26. The van der Waals surface area contributed by atoms with E-state index in [1.807, 2.05) is 42.5 Å². The zero-order valence-corrected chi connectivity index (χ0v) is 29.4. The second kappa shape index (κ2) is 12.6. The van der Waals surface area contributed by atoms with E-state index in [2.05, 4.69) is 126 Å². The van der Waals surface area contributed by atoms with Crippen molar-refractivity contribution < 1.29 is 6.85 Å². The van der Waals surface area contributed by atoms with Crippen molar-refractivity contribution in [2.24, 2.45) is 0 Å². The van der Waals surface area contributed by atoms with Crippen molar-refractivity contribution in [2.75, 3.05) is 0 Å². The molecule has 0 fully saturated rings. The van der Waals surface area contributed by atoms with E-state index in [0.717, 1.165) is 54.8 Å². The van der Waals surface area contributed by atoms with Crippen LogP contribution in [0.15, 0.2) is 194 Å². The number of fused-ring (bicyclic) bond motifs is 9. The molecule has 0 N–H and O–H groups in total.